The van der Waals surface area contributed by atoms with Crippen molar-refractivity contribution in [1.29, 1.82) is 0 Å². The average molecular weight is 235 g/mol. The van der Waals surface area contributed by atoms with Gasteiger partial charge in [-0.3, -0.25) is 9.78 Å². The number of pyridine rings is 1. The highest BCUT2D eigenvalue weighted by atomic mass is 16.3. The molecule has 0 bridgehead atoms. The van der Waals surface area contributed by atoms with Crippen LogP contribution in [-0.4, -0.2) is 28.1 Å². The van der Waals surface area contributed by atoms with Gasteiger partial charge in [0.1, 0.15) is 0 Å². The summed E-state index contributed by atoms with van der Waals surface area (Å²) >= 11 is 0. The SMILES string of the molecule is Cc1ncc(N)cc1C(=O)NCC1(O)CCC1. The Hall–Kier alpha value is -1.62. The van der Waals surface area contributed by atoms with Crippen LogP contribution in [0.1, 0.15) is 35.3 Å². The number of hydrogen-bond donors (Lipinski definition) is 3. The molecule has 0 saturated heterocycles. The fraction of sp³-hybridized carbons (Fsp3) is 0.500. The lowest BCUT2D eigenvalue weighted by molar-refractivity contribution is -0.0300. The maximum atomic E-state index is 11.9. The van der Waals surface area contributed by atoms with Gasteiger partial charge in [-0.25, -0.2) is 0 Å². The van der Waals surface area contributed by atoms with Crippen LogP contribution < -0.4 is 11.1 Å². The van der Waals surface area contributed by atoms with E-state index in [4.69, 9.17) is 5.73 Å². The van der Waals surface area contributed by atoms with E-state index in [1.807, 2.05) is 0 Å². The van der Waals surface area contributed by atoms with Crippen LogP contribution in [0.4, 0.5) is 5.69 Å². The number of amides is 1. The van der Waals surface area contributed by atoms with E-state index in [9.17, 15) is 9.90 Å². The molecule has 2 rings (SSSR count). The summed E-state index contributed by atoms with van der Waals surface area (Å²) in [5.74, 6) is -0.234. The predicted octanol–water partition coefficient (Wildman–Crippen LogP) is 0.617. The summed E-state index contributed by atoms with van der Waals surface area (Å²) in [7, 11) is 0. The summed E-state index contributed by atoms with van der Waals surface area (Å²) in [5.41, 5.74) is 6.44. The van der Waals surface area contributed by atoms with E-state index in [1.54, 1.807) is 13.0 Å². The van der Waals surface area contributed by atoms with Gasteiger partial charge in [0.25, 0.3) is 5.91 Å². The number of anilines is 1. The van der Waals surface area contributed by atoms with Crippen molar-refractivity contribution in [2.24, 2.45) is 0 Å². The van der Waals surface area contributed by atoms with E-state index in [0.717, 1.165) is 19.3 Å². The van der Waals surface area contributed by atoms with Gasteiger partial charge in [-0.1, -0.05) is 0 Å². The summed E-state index contributed by atoms with van der Waals surface area (Å²) in [6.45, 7) is 2.05. The molecule has 0 aromatic carbocycles. The molecule has 1 amide bonds. The zero-order chi connectivity index (χ0) is 12.5. The number of aromatic nitrogens is 1. The summed E-state index contributed by atoms with van der Waals surface area (Å²) in [6, 6.07) is 1.60. The van der Waals surface area contributed by atoms with Crippen LogP contribution in [0.2, 0.25) is 0 Å². The van der Waals surface area contributed by atoms with E-state index in [-0.39, 0.29) is 5.91 Å². The van der Waals surface area contributed by atoms with Gasteiger partial charge in [0.2, 0.25) is 0 Å². The molecule has 0 unspecified atom stereocenters. The molecule has 1 aliphatic carbocycles. The van der Waals surface area contributed by atoms with E-state index in [2.05, 4.69) is 10.3 Å². The topological polar surface area (TPSA) is 88.2 Å². The molecule has 5 heteroatoms. The third kappa shape index (κ3) is 2.55. The Morgan fingerprint density at radius 3 is 2.94 bits per heavy atom. The lowest BCUT2D eigenvalue weighted by Crippen LogP contribution is -2.47. The lowest BCUT2D eigenvalue weighted by atomic mass is 9.80. The molecule has 1 aliphatic rings. The van der Waals surface area contributed by atoms with Crippen LogP contribution in [0.25, 0.3) is 0 Å². The normalized spacial score (nSPS) is 17.3. The fourth-order valence-electron chi connectivity index (χ4n) is 1.88. The first kappa shape index (κ1) is 11.9. The van der Waals surface area contributed by atoms with Crippen LogP contribution in [0.5, 0.6) is 0 Å². The highest BCUT2D eigenvalue weighted by Gasteiger charge is 2.34. The molecule has 1 fully saturated rings. The van der Waals surface area contributed by atoms with Crippen LogP contribution in [0.3, 0.4) is 0 Å². The van der Waals surface area contributed by atoms with Crippen LogP contribution in [0, 0.1) is 6.92 Å². The van der Waals surface area contributed by atoms with Crippen molar-refractivity contribution in [3.63, 3.8) is 0 Å². The van der Waals surface area contributed by atoms with Crippen LogP contribution >= 0.6 is 0 Å². The van der Waals surface area contributed by atoms with Crippen LogP contribution in [0.15, 0.2) is 12.3 Å². The molecular weight excluding hydrogens is 218 g/mol. The number of carbonyl (C=O) groups excluding carboxylic acids is 1. The van der Waals surface area contributed by atoms with Gasteiger partial charge in [0, 0.05) is 6.54 Å². The number of nitrogens with zero attached hydrogens (tertiary/aromatic N) is 1. The zero-order valence-corrected chi connectivity index (χ0v) is 9.86. The van der Waals surface area contributed by atoms with Crippen molar-refractivity contribution < 1.29 is 9.90 Å². The Morgan fingerprint density at radius 2 is 2.35 bits per heavy atom. The number of aryl methyl sites for hydroxylation is 1. The molecule has 1 aromatic heterocycles. The first-order valence-corrected chi connectivity index (χ1v) is 5.73. The molecule has 4 N–H and O–H groups in total. The van der Waals surface area contributed by atoms with E-state index < -0.39 is 5.60 Å². The summed E-state index contributed by atoms with van der Waals surface area (Å²) < 4.78 is 0. The minimum Gasteiger partial charge on any atom is -0.397 e. The Balaban J connectivity index is 2.01. The van der Waals surface area contributed by atoms with Crippen molar-refractivity contribution in [1.82, 2.24) is 10.3 Å². The Kier molecular flexibility index (Phi) is 3.02. The third-order valence-electron chi connectivity index (χ3n) is 3.21. The minimum atomic E-state index is -0.711. The van der Waals surface area contributed by atoms with Crippen molar-refractivity contribution in [2.45, 2.75) is 31.8 Å². The van der Waals surface area contributed by atoms with Crippen molar-refractivity contribution in [3.05, 3.63) is 23.5 Å². The van der Waals surface area contributed by atoms with Crippen molar-refractivity contribution in [3.8, 4) is 0 Å². The molecule has 0 aliphatic heterocycles. The third-order valence-corrected chi connectivity index (χ3v) is 3.21. The van der Waals surface area contributed by atoms with Gasteiger partial charge >= 0.3 is 0 Å². The molecule has 92 valence electrons. The second-order valence-electron chi connectivity index (χ2n) is 4.66. The van der Waals surface area contributed by atoms with E-state index in [1.165, 1.54) is 6.20 Å². The summed E-state index contributed by atoms with van der Waals surface area (Å²) in [6.07, 6.45) is 4.04. The number of hydrogen-bond acceptors (Lipinski definition) is 4. The maximum absolute atomic E-state index is 11.9. The maximum Gasteiger partial charge on any atom is 0.253 e. The number of rotatable bonds is 3. The predicted molar refractivity (Wildman–Crippen MR) is 64.5 cm³/mol. The average Bonchev–Trinajstić information content (AvgIpc) is 2.26. The highest BCUT2D eigenvalue weighted by Crippen LogP contribution is 2.30. The first-order chi connectivity index (χ1) is 8.00. The lowest BCUT2D eigenvalue weighted by Gasteiger charge is -2.36. The van der Waals surface area contributed by atoms with E-state index >= 15 is 0 Å². The van der Waals surface area contributed by atoms with Gasteiger partial charge in [-0.15, -0.1) is 0 Å². The van der Waals surface area contributed by atoms with Gasteiger partial charge in [-0.2, -0.15) is 0 Å². The number of nitrogen functional groups attached to an aromatic ring is 1. The smallest absolute Gasteiger partial charge is 0.253 e. The standard InChI is InChI=1S/C12H17N3O2/c1-8-10(5-9(13)6-14-8)11(16)15-7-12(17)3-2-4-12/h5-6,17H,2-4,7,13H2,1H3,(H,15,16). The fourth-order valence-corrected chi connectivity index (χ4v) is 1.88. The van der Waals surface area contributed by atoms with E-state index in [0.29, 0.717) is 23.5 Å². The van der Waals surface area contributed by atoms with Gasteiger partial charge in [0.15, 0.2) is 0 Å². The molecule has 1 aromatic rings. The molecule has 17 heavy (non-hydrogen) atoms. The molecular formula is C12H17N3O2. The number of carbonyl (C=O) groups is 1. The largest absolute Gasteiger partial charge is 0.397 e. The second-order valence-corrected chi connectivity index (χ2v) is 4.66. The van der Waals surface area contributed by atoms with Gasteiger partial charge < -0.3 is 16.2 Å². The summed E-state index contributed by atoms with van der Waals surface area (Å²) in [4.78, 5) is 15.9. The molecule has 5 nitrogen and oxygen atoms in total. The minimum absolute atomic E-state index is 0.234. The molecule has 0 radical (unpaired) electrons. The number of nitrogens with two attached hydrogens (primary N) is 1. The molecule has 0 spiro atoms. The Morgan fingerprint density at radius 1 is 1.65 bits per heavy atom. The van der Waals surface area contributed by atoms with Crippen molar-refractivity contribution in [2.75, 3.05) is 12.3 Å². The van der Waals surface area contributed by atoms with Crippen molar-refractivity contribution >= 4 is 11.6 Å². The first-order valence-electron chi connectivity index (χ1n) is 5.73. The number of nitrogens with one attached hydrogen (secondary N) is 1. The Bertz CT molecular complexity index is 441. The molecule has 0 atom stereocenters. The summed E-state index contributed by atoms with van der Waals surface area (Å²) in [5, 5.41) is 12.6. The monoisotopic (exact) mass is 235 g/mol. The second kappa shape index (κ2) is 4.33. The quantitative estimate of drug-likeness (QED) is 0.716. The molecule has 1 heterocycles. The Labute approximate surface area is 100 Å². The molecule has 1 saturated carbocycles. The number of aliphatic hydroxyl groups is 1. The van der Waals surface area contributed by atoms with Gasteiger partial charge in [-0.05, 0) is 32.3 Å². The highest BCUT2D eigenvalue weighted by molar-refractivity contribution is 5.95. The van der Waals surface area contributed by atoms with Crippen LogP contribution in [-0.2, 0) is 0 Å². The zero-order valence-electron chi connectivity index (χ0n) is 9.86. The van der Waals surface area contributed by atoms with Gasteiger partial charge in [0.05, 0.1) is 28.7 Å².